The second kappa shape index (κ2) is 16.3. The van der Waals surface area contributed by atoms with Crippen LogP contribution in [0.25, 0.3) is 6.08 Å². The second-order valence-corrected chi connectivity index (χ2v) is 11.2. The van der Waals surface area contributed by atoms with Crippen molar-refractivity contribution < 1.29 is 29.3 Å². The van der Waals surface area contributed by atoms with Crippen molar-refractivity contribution in [2.45, 2.75) is 57.8 Å². The van der Waals surface area contributed by atoms with Crippen LogP contribution in [-0.4, -0.2) is 52.7 Å². The van der Waals surface area contributed by atoms with E-state index in [9.17, 15) is 24.6 Å². The Morgan fingerprint density at radius 3 is 2.19 bits per heavy atom. The maximum atomic E-state index is 12.0. The average molecular weight is 584 g/mol. The molecule has 1 aliphatic heterocycles. The van der Waals surface area contributed by atoms with E-state index in [1.165, 1.54) is 0 Å². The normalized spacial score (nSPS) is 14.1. The minimum absolute atomic E-state index is 0.167. The number of piperidine rings is 1. The van der Waals surface area contributed by atoms with Crippen molar-refractivity contribution in [1.29, 1.82) is 0 Å². The first-order chi connectivity index (χ1) is 20.9. The number of unbranched alkanes of at least 4 members (excludes halogenated alkanes) is 2. The van der Waals surface area contributed by atoms with Crippen LogP contribution in [0.15, 0.2) is 78.9 Å². The van der Waals surface area contributed by atoms with Gasteiger partial charge in [-0.25, -0.2) is 9.59 Å². The lowest BCUT2D eigenvalue weighted by atomic mass is 9.91. The molecule has 0 aliphatic carbocycles. The Balaban J connectivity index is 1.36. The van der Waals surface area contributed by atoms with Gasteiger partial charge in [0.05, 0.1) is 17.7 Å². The quantitative estimate of drug-likeness (QED) is 0.174. The molecule has 1 fully saturated rings. The molecule has 3 aromatic carbocycles. The Bertz CT molecular complexity index is 1380. The zero-order valence-corrected chi connectivity index (χ0v) is 24.6. The van der Waals surface area contributed by atoms with Gasteiger partial charge in [-0.2, -0.15) is 0 Å². The lowest BCUT2D eigenvalue weighted by Crippen LogP contribution is -2.35. The monoisotopic (exact) mass is 583 g/mol. The van der Waals surface area contributed by atoms with Crippen LogP contribution in [0, 0.1) is 5.92 Å². The van der Waals surface area contributed by atoms with E-state index in [0.29, 0.717) is 13.0 Å². The van der Waals surface area contributed by atoms with E-state index in [1.807, 2.05) is 53.4 Å². The third kappa shape index (κ3) is 10.1. The van der Waals surface area contributed by atoms with Gasteiger partial charge in [-0.1, -0.05) is 54.6 Å². The number of rotatable bonds is 16. The molecule has 1 saturated heterocycles. The summed E-state index contributed by atoms with van der Waals surface area (Å²) in [6.45, 7) is 2.34. The molecule has 1 heterocycles. The number of aromatic carboxylic acids is 2. The summed E-state index contributed by atoms with van der Waals surface area (Å²) in [6.07, 6.45) is 12.4. The number of allylic oxidation sites excluding steroid dienone is 1. The largest absolute Gasteiger partial charge is 0.493 e. The van der Waals surface area contributed by atoms with Gasteiger partial charge in [0.25, 0.3) is 0 Å². The summed E-state index contributed by atoms with van der Waals surface area (Å²) in [5.41, 5.74) is 3.65. The summed E-state index contributed by atoms with van der Waals surface area (Å²) in [5, 5.41) is 18.4. The molecule has 3 aromatic rings. The topological polar surface area (TPSA) is 104 Å². The third-order valence-corrected chi connectivity index (χ3v) is 7.92. The lowest BCUT2D eigenvalue weighted by molar-refractivity contribution is -0.133. The van der Waals surface area contributed by atoms with Crippen LogP contribution in [0.3, 0.4) is 0 Å². The number of para-hydroxylation sites is 1. The molecule has 226 valence electrons. The van der Waals surface area contributed by atoms with Crippen molar-refractivity contribution in [2.24, 2.45) is 5.92 Å². The predicted octanol–water partition coefficient (Wildman–Crippen LogP) is 7.15. The molecule has 1 amide bonds. The van der Waals surface area contributed by atoms with Crippen LogP contribution >= 0.6 is 0 Å². The highest BCUT2D eigenvalue weighted by Crippen LogP contribution is 2.24. The molecule has 0 radical (unpaired) electrons. The van der Waals surface area contributed by atoms with E-state index >= 15 is 0 Å². The number of benzene rings is 3. The predicted molar refractivity (Wildman–Crippen MR) is 168 cm³/mol. The Labute approximate surface area is 253 Å². The third-order valence-electron chi connectivity index (χ3n) is 7.92. The minimum atomic E-state index is -0.943. The highest BCUT2D eigenvalue weighted by Gasteiger charge is 2.17. The molecule has 4 rings (SSSR count). The van der Waals surface area contributed by atoms with E-state index in [-0.39, 0.29) is 23.0 Å². The van der Waals surface area contributed by atoms with Gasteiger partial charge >= 0.3 is 11.9 Å². The Hall–Kier alpha value is -4.39. The molecule has 1 unspecified atom stereocenters. The van der Waals surface area contributed by atoms with Gasteiger partial charge in [-0.05, 0) is 98.7 Å². The number of carboxylic acids is 2. The lowest BCUT2D eigenvalue weighted by Gasteiger charge is -2.26. The number of carbonyl (C=O) groups is 3. The van der Waals surface area contributed by atoms with Gasteiger partial charge in [-0.15, -0.1) is 0 Å². The van der Waals surface area contributed by atoms with Gasteiger partial charge in [0.2, 0.25) is 5.91 Å². The fraction of sp³-hybridized carbons (Fsp3) is 0.361. The van der Waals surface area contributed by atoms with Crippen LogP contribution in [0.2, 0.25) is 0 Å². The number of carbonyl (C=O) groups excluding carboxylic acids is 1. The molecular weight excluding hydrogens is 542 g/mol. The van der Waals surface area contributed by atoms with Gasteiger partial charge in [0.15, 0.2) is 0 Å². The molecule has 0 aromatic heterocycles. The number of carboxylic acid groups (broad SMARTS) is 2. The molecule has 7 nitrogen and oxygen atoms in total. The number of hydrogen-bond acceptors (Lipinski definition) is 4. The molecule has 0 bridgehead atoms. The van der Waals surface area contributed by atoms with E-state index in [2.05, 4.69) is 12.2 Å². The SMILES string of the molecule is O=C(O)c1ccc(CCC(C=Cc2ccccc2OCCCCCN2CCCCC2=O)Cc2ccc(C(=O)O)cc2)cc1. The minimum Gasteiger partial charge on any atom is -0.493 e. The standard InChI is InChI=1S/C36H41NO6/c38-34-10-4-6-24-37(34)23-5-1-7-25-43-33-9-3-2-8-30(33)18-15-28(26-29-16-21-32(22-17-29)36(41)42)12-11-27-13-19-31(20-14-27)35(39)40/h2-3,8-9,13-22,28H,1,4-7,10-12,23-26H2,(H,39,40)(H,41,42). The van der Waals surface area contributed by atoms with Gasteiger partial charge < -0.3 is 19.8 Å². The van der Waals surface area contributed by atoms with Crippen molar-refractivity contribution in [3.05, 3.63) is 107 Å². The molecule has 2 N–H and O–H groups in total. The van der Waals surface area contributed by atoms with Crippen LogP contribution in [-0.2, 0) is 17.6 Å². The molecule has 0 saturated carbocycles. The number of hydrogen-bond donors (Lipinski definition) is 2. The Morgan fingerprint density at radius 1 is 0.837 bits per heavy atom. The van der Waals surface area contributed by atoms with E-state index < -0.39 is 11.9 Å². The number of likely N-dealkylation sites (tertiary alicyclic amines) is 1. The summed E-state index contributed by atoms with van der Waals surface area (Å²) in [4.78, 5) is 36.5. The molecule has 1 aliphatic rings. The van der Waals surface area contributed by atoms with Gasteiger partial charge in [0, 0.05) is 25.1 Å². The van der Waals surface area contributed by atoms with Gasteiger partial charge in [-0.3, -0.25) is 4.79 Å². The molecule has 43 heavy (non-hydrogen) atoms. The number of amides is 1. The zero-order chi connectivity index (χ0) is 30.4. The number of ether oxygens (including phenoxy) is 1. The summed E-state index contributed by atoms with van der Waals surface area (Å²) in [6, 6.07) is 22.0. The van der Waals surface area contributed by atoms with E-state index in [0.717, 1.165) is 86.9 Å². The highest BCUT2D eigenvalue weighted by molar-refractivity contribution is 5.88. The first kappa shape index (κ1) is 31.5. The average Bonchev–Trinajstić information content (AvgIpc) is 3.02. The summed E-state index contributed by atoms with van der Waals surface area (Å²) in [5.74, 6) is -0.595. The van der Waals surface area contributed by atoms with Crippen molar-refractivity contribution in [3.63, 3.8) is 0 Å². The summed E-state index contributed by atoms with van der Waals surface area (Å²) < 4.78 is 6.16. The van der Waals surface area contributed by atoms with Crippen LogP contribution in [0.4, 0.5) is 0 Å². The van der Waals surface area contributed by atoms with Crippen molar-refractivity contribution in [3.8, 4) is 5.75 Å². The van der Waals surface area contributed by atoms with Crippen LogP contribution in [0.5, 0.6) is 5.75 Å². The van der Waals surface area contributed by atoms with E-state index in [4.69, 9.17) is 4.74 Å². The second-order valence-electron chi connectivity index (χ2n) is 11.2. The van der Waals surface area contributed by atoms with Gasteiger partial charge in [0.1, 0.15) is 5.75 Å². The smallest absolute Gasteiger partial charge is 0.335 e. The first-order valence-electron chi connectivity index (χ1n) is 15.2. The molecule has 7 heteroatoms. The van der Waals surface area contributed by atoms with Crippen molar-refractivity contribution in [1.82, 2.24) is 4.90 Å². The maximum absolute atomic E-state index is 12.0. The van der Waals surface area contributed by atoms with E-state index in [1.54, 1.807) is 24.3 Å². The molecule has 0 spiro atoms. The summed E-state index contributed by atoms with van der Waals surface area (Å²) in [7, 11) is 0. The fourth-order valence-corrected chi connectivity index (χ4v) is 5.37. The zero-order valence-electron chi connectivity index (χ0n) is 24.6. The van der Waals surface area contributed by atoms with Crippen LogP contribution in [0.1, 0.15) is 82.4 Å². The Kier molecular flexibility index (Phi) is 12.0. The van der Waals surface area contributed by atoms with Crippen molar-refractivity contribution in [2.75, 3.05) is 19.7 Å². The summed E-state index contributed by atoms with van der Waals surface area (Å²) >= 11 is 0. The Morgan fingerprint density at radius 2 is 1.51 bits per heavy atom. The number of aryl methyl sites for hydroxylation is 1. The molecule has 1 atom stereocenters. The van der Waals surface area contributed by atoms with Crippen molar-refractivity contribution >= 4 is 23.9 Å². The maximum Gasteiger partial charge on any atom is 0.335 e. The van der Waals surface area contributed by atoms with Crippen LogP contribution < -0.4 is 4.74 Å². The fourth-order valence-electron chi connectivity index (χ4n) is 5.37. The molecular formula is C36H41NO6. The first-order valence-corrected chi connectivity index (χ1v) is 15.2. The number of nitrogens with zero attached hydrogens (tertiary/aromatic N) is 1. The highest BCUT2D eigenvalue weighted by atomic mass is 16.5.